The molecule has 2 rings (SSSR count). The first-order chi connectivity index (χ1) is 16.4. The standard InChI is InChI=1S/C24H29Cl2N3O6/c1-6-19(23(31)27-24(2,3)4)28(13-15-7-9-17(25)18(26)11-15)22(30)14-35-16-8-10-20(29(32)33)21(12-16)34-5/h7-12,19H,6,13-14H2,1-5H3,(H,27,31)/t19-/m1/s1. The Bertz CT molecular complexity index is 1090. The lowest BCUT2D eigenvalue weighted by atomic mass is 10.1. The first-order valence-corrected chi connectivity index (χ1v) is 11.6. The highest BCUT2D eigenvalue weighted by Gasteiger charge is 2.31. The summed E-state index contributed by atoms with van der Waals surface area (Å²) >= 11 is 12.2. The normalized spacial score (nSPS) is 12.0. The zero-order valence-electron chi connectivity index (χ0n) is 20.3. The molecule has 0 saturated carbocycles. The van der Waals surface area contributed by atoms with Crippen LogP contribution < -0.4 is 14.8 Å². The van der Waals surface area contributed by atoms with E-state index in [1.54, 1.807) is 18.2 Å². The van der Waals surface area contributed by atoms with Crippen LogP contribution in [-0.4, -0.2) is 46.9 Å². The summed E-state index contributed by atoms with van der Waals surface area (Å²) in [4.78, 5) is 38.3. The molecule has 2 aromatic rings. The van der Waals surface area contributed by atoms with Crippen molar-refractivity contribution in [3.05, 3.63) is 62.1 Å². The van der Waals surface area contributed by atoms with Gasteiger partial charge >= 0.3 is 5.69 Å². The fourth-order valence-electron chi connectivity index (χ4n) is 3.33. The van der Waals surface area contributed by atoms with Gasteiger partial charge in [-0.15, -0.1) is 0 Å². The Balaban J connectivity index is 2.30. The number of ether oxygens (including phenoxy) is 2. The van der Waals surface area contributed by atoms with E-state index in [2.05, 4.69) is 5.32 Å². The summed E-state index contributed by atoms with van der Waals surface area (Å²) in [5.41, 5.74) is -0.0293. The van der Waals surface area contributed by atoms with Gasteiger partial charge in [0, 0.05) is 24.2 Å². The van der Waals surface area contributed by atoms with Crippen LogP contribution >= 0.6 is 23.2 Å². The first-order valence-electron chi connectivity index (χ1n) is 10.9. The number of methoxy groups -OCH3 is 1. The molecular weight excluding hydrogens is 497 g/mol. The van der Waals surface area contributed by atoms with Gasteiger partial charge in [0.1, 0.15) is 11.8 Å². The van der Waals surface area contributed by atoms with Crippen LogP contribution in [0.4, 0.5) is 5.69 Å². The molecule has 0 aliphatic carbocycles. The maximum absolute atomic E-state index is 13.3. The lowest BCUT2D eigenvalue weighted by Crippen LogP contribution is -2.54. The number of carbonyl (C=O) groups is 2. The maximum Gasteiger partial charge on any atom is 0.311 e. The highest BCUT2D eigenvalue weighted by Crippen LogP contribution is 2.31. The Hall–Kier alpha value is -3.04. The Kier molecular flexibility index (Phi) is 9.73. The second-order valence-electron chi connectivity index (χ2n) is 8.81. The van der Waals surface area contributed by atoms with Gasteiger partial charge in [0.2, 0.25) is 11.7 Å². The zero-order chi connectivity index (χ0) is 26.3. The average molecular weight is 526 g/mol. The van der Waals surface area contributed by atoms with E-state index in [0.29, 0.717) is 22.0 Å². The smallest absolute Gasteiger partial charge is 0.311 e. The van der Waals surface area contributed by atoms with Crippen molar-refractivity contribution in [3.63, 3.8) is 0 Å². The molecule has 0 aliphatic heterocycles. The Labute approximate surface area is 214 Å². The van der Waals surface area contributed by atoms with Crippen LogP contribution in [-0.2, 0) is 16.1 Å². The number of benzene rings is 2. The number of nitro benzene ring substituents is 1. The third-order valence-corrected chi connectivity index (χ3v) is 5.67. The minimum atomic E-state index is -0.772. The summed E-state index contributed by atoms with van der Waals surface area (Å²) in [5.74, 6) is -0.541. The summed E-state index contributed by atoms with van der Waals surface area (Å²) in [6.45, 7) is 7.07. The number of nitrogens with zero attached hydrogens (tertiary/aromatic N) is 2. The summed E-state index contributed by atoms with van der Waals surface area (Å²) in [6, 6.07) is 8.16. The van der Waals surface area contributed by atoms with E-state index in [1.807, 2.05) is 27.7 Å². The molecule has 9 nitrogen and oxygen atoms in total. The Morgan fingerprint density at radius 2 is 1.83 bits per heavy atom. The van der Waals surface area contributed by atoms with E-state index in [4.69, 9.17) is 32.7 Å². The molecule has 0 bridgehead atoms. The van der Waals surface area contributed by atoms with Crippen LogP contribution in [0.3, 0.4) is 0 Å². The van der Waals surface area contributed by atoms with Gasteiger partial charge in [-0.25, -0.2) is 0 Å². The van der Waals surface area contributed by atoms with Crippen LogP contribution in [0, 0.1) is 10.1 Å². The molecule has 0 saturated heterocycles. The van der Waals surface area contributed by atoms with Crippen molar-refractivity contribution in [1.82, 2.24) is 10.2 Å². The first kappa shape index (κ1) is 28.2. The molecule has 2 aromatic carbocycles. The number of nitrogens with one attached hydrogen (secondary N) is 1. The number of carbonyl (C=O) groups excluding carboxylic acids is 2. The summed E-state index contributed by atoms with van der Waals surface area (Å²) in [5, 5.41) is 14.7. The van der Waals surface area contributed by atoms with Crippen molar-refractivity contribution < 1.29 is 24.0 Å². The predicted molar refractivity (Wildman–Crippen MR) is 134 cm³/mol. The summed E-state index contributed by atoms with van der Waals surface area (Å²) in [6.07, 6.45) is 0.361. The molecule has 0 spiro atoms. The van der Waals surface area contributed by atoms with Crippen molar-refractivity contribution in [2.45, 2.75) is 52.2 Å². The van der Waals surface area contributed by atoms with Crippen LogP contribution in [0.1, 0.15) is 39.7 Å². The molecule has 190 valence electrons. The minimum Gasteiger partial charge on any atom is -0.490 e. The van der Waals surface area contributed by atoms with Gasteiger partial charge < -0.3 is 19.7 Å². The number of hydrogen-bond acceptors (Lipinski definition) is 6. The lowest BCUT2D eigenvalue weighted by molar-refractivity contribution is -0.385. The number of nitro groups is 1. The van der Waals surface area contributed by atoms with Crippen molar-refractivity contribution in [3.8, 4) is 11.5 Å². The Morgan fingerprint density at radius 1 is 1.14 bits per heavy atom. The third kappa shape index (κ3) is 8.00. The van der Waals surface area contributed by atoms with E-state index in [-0.39, 0.29) is 29.6 Å². The van der Waals surface area contributed by atoms with Crippen LogP contribution in [0.5, 0.6) is 11.5 Å². The molecule has 0 aromatic heterocycles. The van der Waals surface area contributed by atoms with Gasteiger partial charge in [0.05, 0.1) is 22.1 Å². The predicted octanol–water partition coefficient (Wildman–Crippen LogP) is 5.01. The molecule has 11 heteroatoms. The molecular formula is C24H29Cl2N3O6. The molecule has 0 heterocycles. The van der Waals surface area contributed by atoms with E-state index >= 15 is 0 Å². The highest BCUT2D eigenvalue weighted by atomic mass is 35.5. The summed E-state index contributed by atoms with van der Waals surface area (Å²) in [7, 11) is 1.30. The van der Waals surface area contributed by atoms with Crippen molar-refractivity contribution in [2.24, 2.45) is 0 Å². The van der Waals surface area contributed by atoms with Crippen molar-refractivity contribution in [2.75, 3.05) is 13.7 Å². The van der Waals surface area contributed by atoms with Gasteiger partial charge in [0.15, 0.2) is 6.61 Å². The van der Waals surface area contributed by atoms with Crippen LogP contribution in [0.25, 0.3) is 0 Å². The second-order valence-corrected chi connectivity index (χ2v) is 9.63. The molecule has 1 atom stereocenters. The minimum absolute atomic E-state index is 0.00333. The molecule has 0 aliphatic rings. The largest absolute Gasteiger partial charge is 0.490 e. The molecule has 35 heavy (non-hydrogen) atoms. The topological polar surface area (TPSA) is 111 Å². The zero-order valence-corrected chi connectivity index (χ0v) is 21.8. The SMILES string of the molecule is CC[C@H](C(=O)NC(C)(C)C)N(Cc1ccc(Cl)c(Cl)c1)C(=O)COc1ccc([N+](=O)[O-])c(OC)c1. The third-order valence-electron chi connectivity index (χ3n) is 4.93. The lowest BCUT2D eigenvalue weighted by Gasteiger charge is -2.33. The Morgan fingerprint density at radius 3 is 2.37 bits per heavy atom. The van der Waals surface area contributed by atoms with E-state index in [9.17, 15) is 19.7 Å². The van der Waals surface area contributed by atoms with Gasteiger partial charge in [-0.2, -0.15) is 0 Å². The fraction of sp³-hybridized carbons (Fsp3) is 0.417. The van der Waals surface area contributed by atoms with Gasteiger partial charge in [-0.05, 0) is 51.0 Å². The van der Waals surface area contributed by atoms with Gasteiger partial charge in [-0.3, -0.25) is 19.7 Å². The van der Waals surface area contributed by atoms with Gasteiger partial charge in [-0.1, -0.05) is 36.2 Å². The summed E-state index contributed by atoms with van der Waals surface area (Å²) < 4.78 is 10.7. The molecule has 0 radical (unpaired) electrons. The monoisotopic (exact) mass is 525 g/mol. The quantitative estimate of drug-likeness (QED) is 0.344. The fourth-order valence-corrected chi connectivity index (χ4v) is 3.65. The highest BCUT2D eigenvalue weighted by molar-refractivity contribution is 6.42. The molecule has 0 unspecified atom stereocenters. The molecule has 1 N–H and O–H groups in total. The number of amides is 2. The number of hydrogen-bond donors (Lipinski definition) is 1. The molecule has 0 fully saturated rings. The average Bonchev–Trinajstić information content (AvgIpc) is 2.78. The van der Waals surface area contributed by atoms with Crippen LogP contribution in [0.15, 0.2) is 36.4 Å². The van der Waals surface area contributed by atoms with E-state index < -0.39 is 29.0 Å². The van der Waals surface area contributed by atoms with Crippen molar-refractivity contribution >= 4 is 40.7 Å². The molecule has 2 amide bonds. The van der Waals surface area contributed by atoms with E-state index in [1.165, 1.54) is 30.2 Å². The van der Waals surface area contributed by atoms with E-state index in [0.717, 1.165) is 0 Å². The number of rotatable bonds is 10. The van der Waals surface area contributed by atoms with Crippen molar-refractivity contribution in [1.29, 1.82) is 0 Å². The maximum atomic E-state index is 13.3. The second kappa shape index (κ2) is 12.1. The number of halogens is 2. The van der Waals surface area contributed by atoms with Gasteiger partial charge in [0.25, 0.3) is 5.91 Å². The van der Waals surface area contributed by atoms with Crippen LogP contribution in [0.2, 0.25) is 10.0 Å².